The number of hydrogen-bond donors (Lipinski definition) is 1. The van der Waals surface area contributed by atoms with Crippen molar-refractivity contribution in [2.75, 3.05) is 4.90 Å². The Bertz CT molecular complexity index is 665. The largest absolute Gasteiger partial charge is 0.322 e. The Morgan fingerprint density at radius 3 is 2.42 bits per heavy atom. The summed E-state index contributed by atoms with van der Waals surface area (Å²) in [5.41, 5.74) is 2.88. The number of rotatable bonds is 2. The molecule has 0 aliphatic carbocycles. The lowest BCUT2D eigenvalue weighted by atomic mass is 10.1. The van der Waals surface area contributed by atoms with Crippen LogP contribution in [0, 0.1) is 15.5 Å². The van der Waals surface area contributed by atoms with Crippen LogP contribution in [-0.2, 0) is 6.54 Å². The van der Waals surface area contributed by atoms with Crippen LogP contribution < -0.4 is 4.90 Å². The molecule has 1 aliphatic rings. The second kappa shape index (κ2) is 4.20. The zero-order valence-corrected chi connectivity index (χ0v) is 10.0. The maximum Gasteiger partial charge on any atom is 0.269 e. The van der Waals surface area contributed by atoms with Crippen molar-refractivity contribution in [3.8, 4) is 0 Å². The Balaban J connectivity index is 1.93. The van der Waals surface area contributed by atoms with Crippen molar-refractivity contribution < 1.29 is 4.92 Å². The minimum Gasteiger partial charge on any atom is -0.322 e. The fourth-order valence-electron chi connectivity index (χ4n) is 2.26. The first-order valence-electron chi connectivity index (χ1n) is 5.85. The molecular weight excluding hydrogens is 242 g/mol. The number of benzene rings is 2. The third-order valence-corrected chi connectivity index (χ3v) is 3.24. The van der Waals surface area contributed by atoms with Crippen LogP contribution in [-0.4, -0.2) is 10.8 Å². The van der Waals surface area contributed by atoms with Crippen LogP contribution in [0.2, 0.25) is 0 Å². The number of nitrogens with one attached hydrogen (secondary N) is 1. The molecule has 1 N–H and O–H groups in total. The minimum absolute atomic E-state index is 0.0620. The lowest BCUT2D eigenvalue weighted by Crippen LogP contribution is -2.22. The van der Waals surface area contributed by atoms with Gasteiger partial charge in [0.05, 0.1) is 11.5 Å². The quantitative estimate of drug-likeness (QED) is 0.660. The van der Waals surface area contributed by atoms with Gasteiger partial charge in [-0.25, -0.2) is 0 Å². The highest BCUT2D eigenvalue weighted by molar-refractivity contribution is 6.11. The van der Waals surface area contributed by atoms with E-state index in [-0.39, 0.29) is 5.69 Å². The van der Waals surface area contributed by atoms with Crippen LogP contribution in [0.1, 0.15) is 11.1 Å². The fraction of sp³-hybridized carbons (Fsp3) is 0.0714. The van der Waals surface area contributed by atoms with E-state index in [0.29, 0.717) is 12.4 Å². The van der Waals surface area contributed by atoms with Gasteiger partial charge in [-0.1, -0.05) is 24.3 Å². The molecule has 94 valence electrons. The highest BCUT2D eigenvalue weighted by Crippen LogP contribution is 2.29. The van der Waals surface area contributed by atoms with Gasteiger partial charge in [-0.2, -0.15) is 0 Å². The molecule has 0 amide bonds. The van der Waals surface area contributed by atoms with Gasteiger partial charge in [0.25, 0.3) is 5.69 Å². The molecule has 1 aliphatic heterocycles. The Hall–Kier alpha value is -2.69. The highest BCUT2D eigenvalue weighted by atomic mass is 16.6. The van der Waals surface area contributed by atoms with Crippen LogP contribution in [0.15, 0.2) is 48.5 Å². The molecule has 2 aromatic rings. The molecule has 2 aromatic carbocycles. The third-order valence-electron chi connectivity index (χ3n) is 3.24. The summed E-state index contributed by atoms with van der Waals surface area (Å²) < 4.78 is 0. The van der Waals surface area contributed by atoms with Crippen LogP contribution in [0.3, 0.4) is 0 Å². The molecule has 19 heavy (non-hydrogen) atoms. The van der Waals surface area contributed by atoms with Crippen molar-refractivity contribution in [3.63, 3.8) is 0 Å². The lowest BCUT2D eigenvalue weighted by molar-refractivity contribution is -0.384. The number of fused-ring (bicyclic) bond motifs is 1. The smallest absolute Gasteiger partial charge is 0.269 e. The standard InChI is InChI=1S/C14H11N3O2/c15-14-13-4-2-1-3-10(13)9-16(14)11-5-7-12(8-6-11)17(18)19/h1-8,15H,9H2. The van der Waals surface area contributed by atoms with Gasteiger partial charge in [-0.05, 0) is 17.7 Å². The van der Waals surface area contributed by atoms with E-state index < -0.39 is 4.92 Å². The molecule has 0 bridgehead atoms. The average molecular weight is 253 g/mol. The molecule has 0 atom stereocenters. The first-order valence-corrected chi connectivity index (χ1v) is 5.85. The number of hydrogen-bond acceptors (Lipinski definition) is 3. The van der Waals surface area contributed by atoms with Gasteiger partial charge >= 0.3 is 0 Å². The van der Waals surface area contributed by atoms with Crippen molar-refractivity contribution in [3.05, 3.63) is 69.8 Å². The van der Waals surface area contributed by atoms with Crippen molar-refractivity contribution in [2.24, 2.45) is 0 Å². The molecule has 0 unspecified atom stereocenters. The number of nitro groups is 1. The number of anilines is 1. The Kier molecular flexibility index (Phi) is 2.52. The number of nitro benzene ring substituents is 1. The Morgan fingerprint density at radius 1 is 1.11 bits per heavy atom. The SMILES string of the molecule is N=C1c2ccccc2CN1c1ccc([N+](=O)[O-])cc1. The lowest BCUT2D eigenvalue weighted by Gasteiger charge is -2.17. The summed E-state index contributed by atoms with van der Waals surface area (Å²) in [7, 11) is 0. The topological polar surface area (TPSA) is 70.2 Å². The number of non-ortho nitro benzene ring substituents is 1. The minimum atomic E-state index is -0.423. The van der Waals surface area contributed by atoms with Crippen LogP contribution >= 0.6 is 0 Å². The van der Waals surface area contributed by atoms with Gasteiger partial charge in [0, 0.05) is 23.4 Å². The number of nitrogens with zero attached hydrogens (tertiary/aromatic N) is 2. The molecule has 1 heterocycles. The van der Waals surface area contributed by atoms with Gasteiger partial charge in [0.15, 0.2) is 0 Å². The molecule has 0 saturated carbocycles. The van der Waals surface area contributed by atoms with Gasteiger partial charge in [0.2, 0.25) is 0 Å². The van der Waals surface area contributed by atoms with E-state index >= 15 is 0 Å². The summed E-state index contributed by atoms with van der Waals surface area (Å²) in [5.74, 6) is 0.435. The predicted molar refractivity (Wildman–Crippen MR) is 72.6 cm³/mol. The summed E-state index contributed by atoms with van der Waals surface area (Å²) in [5, 5.41) is 18.8. The predicted octanol–water partition coefficient (Wildman–Crippen LogP) is 2.94. The molecule has 0 aromatic heterocycles. The molecule has 5 nitrogen and oxygen atoms in total. The summed E-state index contributed by atoms with van der Waals surface area (Å²) in [6.07, 6.45) is 0. The van der Waals surface area contributed by atoms with E-state index in [1.165, 1.54) is 12.1 Å². The van der Waals surface area contributed by atoms with E-state index in [9.17, 15) is 10.1 Å². The van der Waals surface area contributed by atoms with Gasteiger partial charge in [-0.3, -0.25) is 15.5 Å². The summed E-state index contributed by atoms with van der Waals surface area (Å²) in [4.78, 5) is 12.0. The van der Waals surface area contributed by atoms with E-state index in [1.54, 1.807) is 12.1 Å². The maximum absolute atomic E-state index is 10.6. The Morgan fingerprint density at radius 2 is 1.79 bits per heavy atom. The van der Waals surface area contributed by atoms with Crippen molar-refractivity contribution in [1.29, 1.82) is 5.41 Å². The van der Waals surface area contributed by atoms with Crippen molar-refractivity contribution in [2.45, 2.75) is 6.54 Å². The van der Waals surface area contributed by atoms with Crippen LogP contribution in [0.4, 0.5) is 11.4 Å². The zero-order valence-electron chi connectivity index (χ0n) is 10.0. The second-order valence-electron chi connectivity index (χ2n) is 4.37. The molecule has 3 rings (SSSR count). The van der Waals surface area contributed by atoms with Crippen molar-refractivity contribution >= 4 is 17.2 Å². The van der Waals surface area contributed by atoms with Gasteiger partial charge in [-0.15, -0.1) is 0 Å². The third kappa shape index (κ3) is 1.85. The van der Waals surface area contributed by atoms with Gasteiger partial charge in [0.1, 0.15) is 5.84 Å². The van der Waals surface area contributed by atoms with E-state index in [4.69, 9.17) is 5.41 Å². The summed E-state index contributed by atoms with van der Waals surface area (Å²) in [6, 6.07) is 14.1. The first kappa shape index (κ1) is 11.4. The molecule has 0 fully saturated rings. The van der Waals surface area contributed by atoms with E-state index in [2.05, 4.69) is 0 Å². The van der Waals surface area contributed by atoms with E-state index in [1.807, 2.05) is 29.2 Å². The molecular formula is C14H11N3O2. The van der Waals surface area contributed by atoms with Crippen LogP contribution in [0.5, 0.6) is 0 Å². The number of amidine groups is 1. The summed E-state index contributed by atoms with van der Waals surface area (Å²) in [6.45, 7) is 0.632. The fourth-order valence-corrected chi connectivity index (χ4v) is 2.26. The Labute approximate surface area is 109 Å². The maximum atomic E-state index is 10.6. The summed E-state index contributed by atoms with van der Waals surface area (Å²) >= 11 is 0. The molecule has 0 radical (unpaired) electrons. The normalized spacial score (nSPS) is 13.5. The molecule has 0 saturated heterocycles. The van der Waals surface area contributed by atoms with Crippen LogP contribution in [0.25, 0.3) is 0 Å². The monoisotopic (exact) mass is 253 g/mol. The average Bonchev–Trinajstić information content (AvgIpc) is 2.77. The molecule has 5 heteroatoms. The molecule has 0 spiro atoms. The zero-order chi connectivity index (χ0) is 13.4. The highest BCUT2D eigenvalue weighted by Gasteiger charge is 2.24. The van der Waals surface area contributed by atoms with E-state index in [0.717, 1.165) is 16.8 Å². The van der Waals surface area contributed by atoms with Gasteiger partial charge < -0.3 is 4.90 Å². The first-order chi connectivity index (χ1) is 9.16. The van der Waals surface area contributed by atoms with Crippen molar-refractivity contribution in [1.82, 2.24) is 0 Å². The second-order valence-corrected chi connectivity index (χ2v) is 4.37.